The lowest BCUT2D eigenvalue weighted by atomic mass is 10.1. The molecule has 23 heavy (non-hydrogen) atoms. The average molecular weight is 329 g/mol. The number of pyridine rings is 1. The van der Waals surface area contributed by atoms with Crippen molar-refractivity contribution >= 4 is 21.4 Å². The molecule has 3 aromatic rings. The maximum Gasteiger partial charge on any atom is 0.270 e. The first-order chi connectivity index (χ1) is 11.1. The van der Waals surface area contributed by atoms with Gasteiger partial charge in [-0.05, 0) is 38.0 Å². The fraction of sp³-hybridized carbons (Fsp3) is 0.267. The summed E-state index contributed by atoms with van der Waals surface area (Å²) in [6.45, 7) is 2.13. The largest absolute Gasteiger partial charge is 0.270 e. The maximum atomic E-state index is 13.3. The lowest BCUT2D eigenvalue weighted by molar-refractivity contribution is 0.586. The first-order valence-corrected chi connectivity index (χ1v) is 8.79. The van der Waals surface area contributed by atoms with Crippen LogP contribution >= 0.6 is 0 Å². The van der Waals surface area contributed by atoms with Crippen molar-refractivity contribution in [2.24, 2.45) is 0 Å². The van der Waals surface area contributed by atoms with Gasteiger partial charge in [-0.1, -0.05) is 0 Å². The van der Waals surface area contributed by atoms with Crippen LogP contribution in [0.2, 0.25) is 0 Å². The van der Waals surface area contributed by atoms with Crippen molar-refractivity contribution in [2.75, 3.05) is 10.8 Å². The third kappa shape index (κ3) is 2.09. The van der Waals surface area contributed by atoms with Crippen molar-refractivity contribution in [3.63, 3.8) is 0 Å². The predicted octanol–water partition coefficient (Wildman–Crippen LogP) is 1.57. The SMILES string of the molecule is Cc1nn2cccnc2c1S(=O)(=O)N1CCCc2ncccc21. The highest BCUT2D eigenvalue weighted by molar-refractivity contribution is 7.93. The molecule has 7 nitrogen and oxygen atoms in total. The van der Waals surface area contributed by atoms with Crippen LogP contribution in [0.1, 0.15) is 17.8 Å². The topological polar surface area (TPSA) is 80.5 Å². The van der Waals surface area contributed by atoms with Crippen LogP contribution in [0.4, 0.5) is 5.69 Å². The Labute approximate surface area is 133 Å². The molecule has 0 amide bonds. The Balaban J connectivity index is 1.93. The summed E-state index contributed by atoms with van der Waals surface area (Å²) in [7, 11) is -3.74. The van der Waals surface area contributed by atoms with Crippen LogP contribution in [0, 0.1) is 6.92 Å². The molecule has 0 atom stereocenters. The minimum Gasteiger partial charge on any atom is -0.264 e. The van der Waals surface area contributed by atoms with Gasteiger partial charge in [-0.25, -0.2) is 17.9 Å². The van der Waals surface area contributed by atoms with Gasteiger partial charge in [0.2, 0.25) is 0 Å². The van der Waals surface area contributed by atoms with Gasteiger partial charge in [-0.3, -0.25) is 9.29 Å². The van der Waals surface area contributed by atoms with Gasteiger partial charge < -0.3 is 0 Å². The van der Waals surface area contributed by atoms with E-state index in [1.807, 2.05) is 0 Å². The van der Waals surface area contributed by atoms with Crippen LogP contribution < -0.4 is 4.31 Å². The molecule has 0 N–H and O–H groups in total. The van der Waals surface area contributed by atoms with E-state index in [9.17, 15) is 8.42 Å². The number of anilines is 1. The summed E-state index contributed by atoms with van der Waals surface area (Å²) in [5.41, 5.74) is 2.25. The van der Waals surface area contributed by atoms with Crippen molar-refractivity contribution in [3.8, 4) is 0 Å². The molecule has 0 saturated heterocycles. The van der Waals surface area contributed by atoms with E-state index in [2.05, 4.69) is 15.1 Å². The van der Waals surface area contributed by atoms with Crippen LogP contribution in [0.3, 0.4) is 0 Å². The Morgan fingerprint density at radius 1 is 1.17 bits per heavy atom. The van der Waals surface area contributed by atoms with E-state index >= 15 is 0 Å². The molecule has 118 valence electrons. The van der Waals surface area contributed by atoms with Gasteiger partial charge in [0.25, 0.3) is 10.0 Å². The zero-order valence-corrected chi connectivity index (χ0v) is 13.4. The quantitative estimate of drug-likeness (QED) is 0.713. The molecule has 3 aromatic heterocycles. The zero-order chi connectivity index (χ0) is 16.0. The van der Waals surface area contributed by atoms with Crippen LogP contribution in [0.25, 0.3) is 5.65 Å². The minimum absolute atomic E-state index is 0.162. The highest BCUT2D eigenvalue weighted by atomic mass is 32.2. The van der Waals surface area contributed by atoms with Gasteiger partial charge in [-0.15, -0.1) is 0 Å². The van der Waals surface area contributed by atoms with E-state index in [4.69, 9.17) is 0 Å². The second kappa shape index (κ2) is 5.02. The van der Waals surface area contributed by atoms with E-state index < -0.39 is 10.0 Å². The van der Waals surface area contributed by atoms with Crippen molar-refractivity contribution in [1.29, 1.82) is 0 Å². The van der Waals surface area contributed by atoms with E-state index in [0.29, 0.717) is 23.6 Å². The molecule has 0 saturated carbocycles. The molecule has 0 aliphatic carbocycles. The number of nitrogens with zero attached hydrogens (tertiary/aromatic N) is 5. The van der Waals surface area contributed by atoms with Crippen molar-refractivity contribution in [1.82, 2.24) is 19.6 Å². The van der Waals surface area contributed by atoms with E-state index in [-0.39, 0.29) is 4.90 Å². The number of hydrogen-bond donors (Lipinski definition) is 0. The van der Waals surface area contributed by atoms with Gasteiger partial charge in [0, 0.05) is 25.1 Å². The fourth-order valence-corrected chi connectivity index (χ4v) is 4.80. The van der Waals surface area contributed by atoms with Gasteiger partial charge >= 0.3 is 0 Å². The molecule has 4 heterocycles. The summed E-state index contributed by atoms with van der Waals surface area (Å²) >= 11 is 0. The summed E-state index contributed by atoms with van der Waals surface area (Å²) in [6.07, 6.45) is 6.49. The Hall–Kier alpha value is -2.48. The van der Waals surface area contributed by atoms with E-state index in [1.54, 1.807) is 43.7 Å². The van der Waals surface area contributed by atoms with Crippen LogP contribution in [0.15, 0.2) is 41.7 Å². The van der Waals surface area contributed by atoms with E-state index in [1.165, 1.54) is 8.82 Å². The zero-order valence-electron chi connectivity index (χ0n) is 12.5. The number of aromatic nitrogens is 4. The van der Waals surface area contributed by atoms with E-state index in [0.717, 1.165) is 18.5 Å². The number of sulfonamides is 1. The second-order valence-electron chi connectivity index (χ2n) is 5.45. The molecule has 0 spiro atoms. The Kier molecular flexibility index (Phi) is 3.08. The van der Waals surface area contributed by atoms with Gasteiger partial charge in [-0.2, -0.15) is 5.10 Å². The summed E-state index contributed by atoms with van der Waals surface area (Å²) in [6, 6.07) is 5.28. The maximum absolute atomic E-state index is 13.3. The molecule has 0 aromatic carbocycles. The Bertz CT molecular complexity index is 996. The molecular formula is C15H15N5O2S. The monoisotopic (exact) mass is 329 g/mol. The molecule has 4 rings (SSSR count). The smallest absolute Gasteiger partial charge is 0.264 e. The number of fused-ring (bicyclic) bond motifs is 2. The van der Waals surface area contributed by atoms with Gasteiger partial charge in [0.15, 0.2) is 10.5 Å². The molecule has 1 aliphatic rings. The summed E-state index contributed by atoms with van der Waals surface area (Å²) in [5.74, 6) is 0. The second-order valence-corrected chi connectivity index (χ2v) is 7.25. The van der Waals surface area contributed by atoms with Crippen LogP contribution in [-0.2, 0) is 16.4 Å². The first-order valence-electron chi connectivity index (χ1n) is 7.35. The lowest BCUT2D eigenvalue weighted by Gasteiger charge is -2.29. The molecule has 0 bridgehead atoms. The predicted molar refractivity (Wildman–Crippen MR) is 84.8 cm³/mol. The highest BCUT2D eigenvalue weighted by Gasteiger charge is 2.34. The van der Waals surface area contributed by atoms with Crippen molar-refractivity contribution in [3.05, 3.63) is 48.2 Å². The molecule has 1 aliphatic heterocycles. The standard InChI is InChI=1S/C15H15N5O2S/c1-11-14(15-17-8-4-9-19(15)18-11)23(21,22)20-10-3-5-12-13(20)6-2-7-16-12/h2,4,6-9H,3,5,10H2,1H3. The number of rotatable bonds is 2. The van der Waals surface area contributed by atoms with Crippen molar-refractivity contribution < 1.29 is 8.42 Å². The van der Waals surface area contributed by atoms with Crippen LogP contribution in [-0.4, -0.2) is 34.5 Å². The van der Waals surface area contributed by atoms with Gasteiger partial charge in [0.1, 0.15) is 0 Å². The third-order valence-corrected chi connectivity index (χ3v) is 5.93. The lowest BCUT2D eigenvalue weighted by Crippen LogP contribution is -2.36. The summed E-state index contributed by atoms with van der Waals surface area (Å²) in [5, 5.41) is 4.26. The molecule has 0 fully saturated rings. The molecule has 8 heteroatoms. The summed E-state index contributed by atoms with van der Waals surface area (Å²) in [4.78, 5) is 8.67. The Morgan fingerprint density at radius 3 is 2.87 bits per heavy atom. The Morgan fingerprint density at radius 2 is 2.00 bits per heavy atom. The average Bonchev–Trinajstić information content (AvgIpc) is 2.90. The first kappa shape index (κ1) is 14.1. The normalized spacial score (nSPS) is 14.9. The van der Waals surface area contributed by atoms with Crippen molar-refractivity contribution in [2.45, 2.75) is 24.7 Å². The molecule has 0 radical (unpaired) electrons. The van der Waals surface area contributed by atoms with Gasteiger partial charge in [0.05, 0.1) is 17.1 Å². The number of aryl methyl sites for hydroxylation is 2. The summed E-state index contributed by atoms with van der Waals surface area (Å²) < 4.78 is 29.4. The van der Waals surface area contributed by atoms with Crippen LogP contribution in [0.5, 0.6) is 0 Å². The highest BCUT2D eigenvalue weighted by Crippen LogP contribution is 2.32. The third-order valence-electron chi connectivity index (χ3n) is 3.97. The number of hydrogen-bond acceptors (Lipinski definition) is 5. The molecule has 0 unspecified atom stereocenters. The molecular weight excluding hydrogens is 314 g/mol. The fourth-order valence-electron chi connectivity index (χ4n) is 3.00. The minimum atomic E-state index is -3.74.